The van der Waals surface area contributed by atoms with Crippen LogP contribution in [-0.2, 0) is 6.42 Å². The Bertz CT molecular complexity index is 938. The van der Waals surface area contributed by atoms with Crippen LogP contribution in [0.5, 0.6) is 0 Å². The van der Waals surface area contributed by atoms with Crippen molar-refractivity contribution in [2.24, 2.45) is 0 Å². The summed E-state index contributed by atoms with van der Waals surface area (Å²) in [7, 11) is 0. The summed E-state index contributed by atoms with van der Waals surface area (Å²) in [6, 6.07) is 13.3. The van der Waals surface area contributed by atoms with Crippen LogP contribution in [0.1, 0.15) is 44.6 Å². The summed E-state index contributed by atoms with van der Waals surface area (Å²) in [4.78, 5) is 25.4. The Morgan fingerprint density at radius 1 is 1.04 bits per heavy atom. The van der Waals surface area contributed by atoms with Gasteiger partial charge in [-0.15, -0.1) is 10.2 Å². The van der Waals surface area contributed by atoms with Gasteiger partial charge in [0.1, 0.15) is 5.01 Å². The number of carbonyl (C=O) groups excluding carboxylic acids is 2. The van der Waals surface area contributed by atoms with E-state index in [1.165, 1.54) is 11.3 Å². The van der Waals surface area contributed by atoms with E-state index < -0.39 is 0 Å². The zero-order chi connectivity index (χ0) is 18.5. The maximum Gasteiger partial charge on any atom is 0.258 e. The number of anilines is 1. The molecule has 1 heterocycles. The van der Waals surface area contributed by atoms with Gasteiger partial charge in [0.25, 0.3) is 5.91 Å². The van der Waals surface area contributed by atoms with E-state index in [-0.39, 0.29) is 11.7 Å². The lowest BCUT2D eigenvalue weighted by Gasteiger charge is -2.08. The smallest absolute Gasteiger partial charge is 0.258 e. The molecule has 0 unspecified atom stereocenters. The zero-order valence-electron chi connectivity index (χ0n) is 14.0. The van der Waals surface area contributed by atoms with E-state index in [0.29, 0.717) is 26.8 Å². The molecule has 26 heavy (non-hydrogen) atoms. The topological polar surface area (TPSA) is 72.0 Å². The highest BCUT2D eigenvalue weighted by atomic mass is 35.5. The molecule has 5 nitrogen and oxygen atoms in total. The van der Waals surface area contributed by atoms with Crippen LogP contribution in [-0.4, -0.2) is 21.9 Å². The average Bonchev–Trinajstić information content (AvgIpc) is 3.09. The second-order valence-electron chi connectivity index (χ2n) is 5.59. The Hall–Kier alpha value is -2.57. The van der Waals surface area contributed by atoms with E-state index >= 15 is 0 Å². The normalized spacial score (nSPS) is 10.5. The predicted molar refractivity (Wildman–Crippen MR) is 103 cm³/mol. The highest BCUT2D eigenvalue weighted by Crippen LogP contribution is 2.20. The van der Waals surface area contributed by atoms with Crippen molar-refractivity contribution in [3.63, 3.8) is 0 Å². The molecule has 0 atom stereocenters. The number of hydrogen-bond acceptors (Lipinski definition) is 5. The number of aryl methyl sites for hydroxylation is 1. The molecular formula is C19H16ClN3O2S. The van der Waals surface area contributed by atoms with Crippen molar-refractivity contribution in [3.8, 4) is 0 Å². The van der Waals surface area contributed by atoms with Crippen molar-refractivity contribution >= 4 is 39.8 Å². The third-order valence-electron chi connectivity index (χ3n) is 3.67. The summed E-state index contributed by atoms with van der Waals surface area (Å²) in [6.45, 7) is 2.05. The molecule has 132 valence electrons. The maximum atomic E-state index is 12.8. The second-order valence-corrected chi connectivity index (χ2v) is 7.09. The number of nitrogens with zero attached hydrogens (tertiary/aromatic N) is 2. The molecule has 0 saturated carbocycles. The Kier molecular flexibility index (Phi) is 5.75. The molecule has 0 bridgehead atoms. The van der Waals surface area contributed by atoms with E-state index in [1.807, 2.05) is 0 Å². The molecule has 1 aromatic heterocycles. The summed E-state index contributed by atoms with van der Waals surface area (Å²) >= 11 is 7.21. The molecule has 3 aromatic rings. The molecule has 0 aliphatic rings. The Morgan fingerprint density at radius 3 is 2.42 bits per heavy atom. The number of halogens is 1. The maximum absolute atomic E-state index is 12.8. The third kappa shape index (κ3) is 4.15. The molecular weight excluding hydrogens is 370 g/mol. The lowest BCUT2D eigenvalue weighted by molar-refractivity contribution is 0.0996. The first kappa shape index (κ1) is 18.2. The number of nitrogens with one attached hydrogen (secondary N) is 1. The monoisotopic (exact) mass is 385 g/mol. The van der Waals surface area contributed by atoms with Gasteiger partial charge in [0.15, 0.2) is 5.78 Å². The standard InChI is InChI=1S/C19H16ClN3O2S/c1-2-5-16-22-23-19(26-16)21-18(25)15-7-4-3-6-14(15)17(24)12-8-10-13(20)11-9-12/h3-4,6-11H,2,5H2,1H3,(H,21,23,25). The van der Waals surface area contributed by atoms with Crippen LogP contribution >= 0.6 is 22.9 Å². The van der Waals surface area contributed by atoms with Crippen LogP contribution in [0.2, 0.25) is 5.02 Å². The first-order chi connectivity index (χ1) is 12.6. The van der Waals surface area contributed by atoms with Crippen LogP contribution in [0, 0.1) is 0 Å². The minimum atomic E-state index is -0.387. The van der Waals surface area contributed by atoms with Gasteiger partial charge in [-0.25, -0.2) is 0 Å². The largest absolute Gasteiger partial charge is 0.296 e. The molecule has 3 rings (SSSR count). The number of amides is 1. The fourth-order valence-corrected chi connectivity index (χ4v) is 3.38. The minimum Gasteiger partial charge on any atom is -0.296 e. The summed E-state index contributed by atoms with van der Waals surface area (Å²) in [5.41, 5.74) is 1.08. The number of rotatable bonds is 6. The van der Waals surface area contributed by atoms with Crippen LogP contribution in [0.4, 0.5) is 5.13 Å². The van der Waals surface area contributed by atoms with Gasteiger partial charge in [-0.3, -0.25) is 14.9 Å². The highest BCUT2D eigenvalue weighted by molar-refractivity contribution is 7.15. The molecule has 2 aromatic carbocycles. The number of hydrogen-bond donors (Lipinski definition) is 1. The zero-order valence-corrected chi connectivity index (χ0v) is 15.6. The van der Waals surface area contributed by atoms with Crippen molar-refractivity contribution < 1.29 is 9.59 Å². The number of aromatic nitrogens is 2. The molecule has 0 aliphatic heterocycles. The number of carbonyl (C=O) groups is 2. The van der Waals surface area contributed by atoms with Crippen molar-refractivity contribution in [2.45, 2.75) is 19.8 Å². The molecule has 7 heteroatoms. The van der Waals surface area contributed by atoms with Gasteiger partial charge in [-0.2, -0.15) is 0 Å². The van der Waals surface area contributed by atoms with Gasteiger partial charge in [-0.05, 0) is 36.8 Å². The quantitative estimate of drug-likeness (QED) is 0.628. The van der Waals surface area contributed by atoms with Crippen molar-refractivity contribution in [3.05, 3.63) is 75.3 Å². The van der Waals surface area contributed by atoms with Crippen LogP contribution in [0.25, 0.3) is 0 Å². The van der Waals surface area contributed by atoms with Gasteiger partial charge in [0.05, 0.1) is 5.56 Å². The molecule has 1 N–H and O–H groups in total. The summed E-state index contributed by atoms with van der Waals surface area (Å²) < 4.78 is 0. The Morgan fingerprint density at radius 2 is 1.73 bits per heavy atom. The van der Waals surface area contributed by atoms with E-state index in [2.05, 4.69) is 22.4 Å². The van der Waals surface area contributed by atoms with Crippen LogP contribution < -0.4 is 5.32 Å². The molecule has 0 fully saturated rings. The third-order valence-corrected chi connectivity index (χ3v) is 4.82. The van der Waals surface area contributed by atoms with Gasteiger partial charge >= 0.3 is 0 Å². The van der Waals surface area contributed by atoms with Crippen molar-refractivity contribution in [1.82, 2.24) is 10.2 Å². The summed E-state index contributed by atoms with van der Waals surface area (Å²) in [6.07, 6.45) is 1.78. The molecule has 0 saturated heterocycles. The minimum absolute atomic E-state index is 0.239. The fraction of sp³-hybridized carbons (Fsp3) is 0.158. The first-order valence-electron chi connectivity index (χ1n) is 8.11. The fourth-order valence-electron chi connectivity index (χ4n) is 2.42. The summed E-state index contributed by atoms with van der Waals surface area (Å²) in [5.74, 6) is -0.626. The highest BCUT2D eigenvalue weighted by Gasteiger charge is 2.19. The lowest BCUT2D eigenvalue weighted by atomic mass is 9.98. The Labute approximate surface area is 160 Å². The molecule has 0 radical (unpaired) electrons. The van der Waals surface area contributed by atoms with Gasteiger partial charge in [0.2, 0.25) is 5.13 Å². The van der Waals surface area contributed by atoms with Crippen LogP contribution in [0.3, 0.4) is 0 Å². The van der Waals surface area contributed by atoms with E-state index in [1.54, 1.807) is 48.5 Å². The second kappa shape index (κ2) is 8.21. The number of ketones is 1. The molecule has 0 aliphatic carbocycles. The lowest BCUT2D eigenvalue weighted by Crippen LogP contribution is -2.16. The van der Waals surface area contributed by atoms with E-state index in [0.717, 1.165) is 17.8 Å². The van der Waals surface area contributed by atoms with E-state index in [4.69, 9.17) is 11.6 Å². The first-order valence-corrected chi connectivity index (χ1v) is 9.31. The van der Waals surface area contributed by atoms with Crippen molar-refractivity contribution in [2.75, 3.05) is 5.32 Å². The summed E-state index contributed by atoms with van der Waals surface area (Å²) in [5, 5.41) is 12.6. The molecule has 0 spiro atoms. The van der Waals surface area contributed by atoms with Crippen LogP contribution in [0.15, 0.2) is 48.5 Å². The van der Waals surface area contributed by atoms with Crippen molar-refractivity contribution in [1.29, 1.82) is 0 Å². The van der Waals surface area contributed by atoms with Gasteiger partial charge in [-0.1, -0.05) is 48.1 Å². The van der Waals surface area contributed by atoms with E-state index in [9.17, 15) is 9.59 Å². The van der Waals surface area contributed by atoms with Gasteiger partial charge < -0.3 is 0 Å². The average molecular weight is 386 g/mol. The Balaban J connectivity index is 1.84. The van der Waals surface area contributed by atoms with Gasteiger partial charge in [0, 0.05) is 22.6 Å². The predicted octanol–water partition coefficient (Wildman–Crippen LogP) is 4.63. The molecule has 1 amide bonds. The SMILES string of the molecule is CCCc1nnc(NC(=O)c2ccccc2C(=O)c2ccc(Cl)cc2)s1. The number of benzene rings is 2.